The summed E-state index contributed by atoms with van der Waals surface area (Å²) < 4.78 is 0. The number of rotatable bonds is 2. The van der Waals surface area contributed by atoms with E-state index < -0.39 is 0 Å². The largest absolute Gasteiger partial charge is 0.289 e. The van der Waals surface area contributed by atoms with Gasteiger partial charge in [0.2, 0.25) is 0 Å². The highest BCUT2D eigenvalue weighted by molar-refractivity contribution is 6.31. The van der Waals surface area contributed by atoms with Crippen LogP contribution in [0.25, 0.3) is 16.8 Å². The molecule has 3 rings (SSSR count). The lowest BCUT2D eigenvalue weighted by molar-refractivity contribution is -0.0491. The molecule has 0 atom stereocenters. The molecule has 0 amide bonds. The molecule has 2 aromatic carbocycles. The van der Waals surface area contributed by atoms with Gasteiger partial charge in [0.15, 0.2) is 0 Å². The molecule has 1 aliphatic rings. The molecular weight excluding hydrogens is 272 g/mol. The number of benzene rings is 2. The van der Waals surface area contributed by atoms with Crippen LogP contribution in [0.15, 0.2) is 30.5 Å². The van der Waals surface area contributed by atoms with Crippen LogP contribution in [0.5, 0.6) is 0 Å². The summed E-state index contributed by atoms with van der Waals surface area (Å²) in [6.07, 6.45) is 4.74. The zero-order chi connectivity index (χ0) is 14.1. The molecule has 3 nitrogen and oxygen atoms in total. The minimum absolute atomic E-state index is 0.446. The van der Waals surface area contributed by atoms with Gasteiger partial charge in [-0.1, -0.05) is 23.7 Å². The highest BCUT2D eigenvalue weighted by Crippen LogP contribution is 2.32. The first-order valence-electron chi connectivity index (χ1n) is 6.44. The molecule has 0 bridgehead atoms. The smallest absolute Gasteiger partial charge is 0.0708 e. The molecule has 20 heavy (non-hydrogen) atoms. The zero-order valence-corrected chi connectivity index (χ0v) is 11.6. The van der Waals surface area contributed by atoms with Crippen molar-refractivity contribution < 1.29 is 5.21 Å². The van der Waals surface area contributed by atoms with Crippen molar-refractivity contribution in [3.8, 4) is 6.07 Å². The van der Waals surface area contributed by atoms with Gasteiger partial charge in [-0.05, 0) is 52.1 Å². The summed E-state index contributed by atoms with van der Waals surface area (Å²) in [4.78, 5) is 0. The number of hydrogen-bond acceptors (Lipinski definition) is 3. The van der Waals surface area contributed by atoms with Crippen molar-refractivity contribution in [1.29, 1.82) is 5.26 Å². The second kappa shape index (κ2) is 5.16. The predicted octanol–water partition coefficient (Wildman–Crippen LogP) is 4.12. The van der Waals surface area contributed by atoms with Crippen molar-refractivity contribution in [2.75, 3.05) is 0 Å². The van der Waals surface area contributed by atoms with Crippen LogP contribution in [-0.2, 0) is 13.0 Å². The number of hydroxylamine groups is 2. The normalized spacial score (nSPS) is 13.3. The second-order valence-corrected chi connectivity index (χ2v) is 5.30. The van der Waals surface area contributed by atoms with Crippen LogP contribution in [0.2, 0.25) is 5.02 Å². The van der Waals surface area contributed by atoms with Crippen molar-refractivity contribution in [2.45, 2.75) is 19.4 Å². The van der Waals surface area contributed by atoms with E-state index in [1.165, 1.54) is 0 Å². The fraction of sp³-hybridized carbons (Fsp3) is 0.188. The monoisotopic (exact) mass is 284 g/mol. The molecule has 1 N–H and O–H groups in total. The van der Waals surface area contributed by atoms with Crippen molar-refractivity contribution in [1.82, 2.24) is 5.06 Å². The van der Waals surface area contributed by atoms with Gasteiger partial charge in [-0.2, -0.15) is 5.26 Å². The Balaban J connectivity index is 2.26. The standard InChI is InChI=1S/C16H13ClN2O/c17-13-3-4-14-11(2-1-6-18)8-12-5-7-19(20)10-16(12)15(14)9-13/h3-5,7-9,20H,1-2,10H2. The molecule has 0 saturated carbocycles. The highest BCUT2D eigenvalue weighted by atomic mass is 35.5. The molecule has 0 aromatic heterocycles. The first kappa shape index (κ1) is 13.0. The summed E-state index contributed by atoms with van der Waals surface area (Å²) in [5, 5.41) is 22.5. The third-order valence-electron chi connectivity index (χ3n) is 3.58. The van der Waals surface area contributed by atoms with Gasteiger partial charge in [0, 0.05) is 17.6 Å². The molecule has 0 unspecified atom stereocenters. The molecule has 1 aliphatic heterocycles. The number of hydrogen-bond donors (Lipinski definition) is 1. The van der Waals surface area contributed by atoms with Gasteiger partial charge in [0.05, 0.1) is 12.6 Å². The van der Waals surface area contributed by atoms with Gasteiger partial charge in [0.1, 0.15) is 0 Å². The molecule has 0 radical (unpaired) electrons. The van der Waals surface area contributed by atoms with Gasteiger partial charge in [-0.3, -0.25) is 10.3 Å². The van der Waals surface area contributed by atoms with Crippen molar-refractivity contribution in [3.63, 3.8) is 0 Å². The van der Waals surface area contributed by atoms with Crippen LogP contribution >= 0.6 is 11.6 Å². The molecule has 0 fully saturated rings. The Morgan fingerprint density at radius 3 is 2.95 bits per heavy atom. The van der Waals surface area contributed by atoms with Crippen LogP contribution in [0.3, 0.4) is 0 Å². The lowest BCUT2D eigenvalue weighted by Crippen LogP contribution is -2.16. The maximum atomic E-state index is 9.67. The van der Waals surface area contributed by atoms with E-state index in [0.717, 1.165) is 38.9 Å². The molecular formula is C16H13ClN2O. The third kappa shape index (κ3) is 2.24. The van der Waals surface area contributed by atoms with E-state index in [1.54, 1.807) is 6.20 Å². The SMILES string of the molecule is N#CCCc1cc2c(c3cc(Cl)ccc13)CN(O)C=C2. The van der Waals surface area contributed by atoms with Gasteiger partial charge in [-0.15, -0.1) is 0 Å². The summed E-state index contributed by atoms with van der Waals surface area (Å²) >= 11 is 6.11. The third-order valence-corrected chi connectivity index (χ3v) is 3.82. The summed E-state index contributed by atoms with van der Waals surface area (Å²) in [5.74, 6) is 0. The Kier molecular flexibility index (Phi) is 3.35. The Morgan fingerprint density at radius 2 is 2.15 bits per heavy atom. The van der Waals surface area contributed by atoms with Gasteiger partial charge in [0.25, 0.3) is 0 Å². The highest BCUT2D eigenvalue weighted by Gasteiger charge is 2.15. The van der Waals surface area contributed by atoms with Crippen molar-refractivity contribution in [3.05, 3.63) is 52.2 Å². The van der Waals surface area contributed by atoms with E-state index in [9.17, 15) is 5.21 Å². The summed E-state index contributed by atoms with van der Waals surface area (Å²) in [6, 6.07) is 10.1. The first-order valence-corrected chi connectivity index (χ1v) is 6.81. The minimum Gasteiger partial charge on any atom is -0.289 e. The Hall–Kier alpha value is -2.02. The van der Waals surface area contributed by atoms with Gasteiger partial charge >= 0.3 is 0 Å². The van der Waals surface area contributed by atoms with E-state index in [0.29, 0.717) is 18.0 Å². The van der Waals surface area contributed by atoms with Crippen molar-refractivity contribution in [2.24, 2.45) is 0 Å². The average Bonchev–Trinajstić information content (AvgIpc) is 2.45. The second-order valence-electron chi connectivity index (χ2n) is 4.86. The molecule has 2 aromatic rings. The fourth-order valence-corrected chi connectivity index (χ4v) is 2.83. The summed E-state index contributed by atoms with van der Waals surface area (Å²) in [7, 11) is 0. The molecule has 100 valence electrons. The number of nitrogens with zero attached hydrogens (tertiary/aromatic N) is 2. The minimum atomic E-state index is 0.446. The van der Waals surface area contributed by atoms with Crippen LogP contribution in [-0.4, -0.2) is 10.3 Å². The lowest BCUT2D eigenvalue weighted by Gasteiger charge is -2.22. The molecule has 0 saturated heterocycles. The fourth-order valence-electron chi connectivity index (χ4n) is 2.66. The first-order chi connectivity index (χ1) is 9.69. The summed E-state index contributed by atoms with van der Waals surface area (Å²) in [6.45, 7) is 0.446. The molecule has 0 aliphatic carbocycles. The predicted molar refractivity (Wildman–Crippen MR) is 79.3 cm³/mol. The molecule has 1 heterocycles. The maximum absolute atomic E-state index is 9.67. The topological polar surface area (TPSA) is 47.3 Å². The lowest BCUT2D eigenvalue weighted by atomic mass is 9.91. The van der Waals surface area contributed by atoms with E-state index in [-0.39, 0.29) is 0 Å². The Bertz CT molecular complexity index is 746. The van der Waals surface area contributed by atoms with Crippen molar-refractivity contribution >= 4 is 28.4 Å². The Morgan fingerprint density at radius 1 is 1.30 bits per heavy atom. The van der Waals surface area contributed by atoms with Crippen LogP contribution in [0.1, 0.15) is 23.1 Å². The van der Waals surface area contributed by atoms with Crippen LogP contribution < -0.4 is 0 Å². The molecule has 0 spiro atoms. The number of halogens is 1. The number of aryl methyl sites for hydroxylation is 1. The molecule has 4 heteroatoms. The van der Waals surface area contributed by atoms with Gasteiger partial charge < -0.3 is 0 Å². The zero-order valence-electron chi connectivity index (χ0n) is 10.8. The summed E-state index contributed by atoms with van der Waals surface area (Å²) in [5.41, 5.74) is 3.29. The van der Waals surface area contributed by atoms with E-state index >= 15 is 0 Å². The number of nitriles is 1. The van der Waals surface area contributed by atoms with E-state index in [4.69, 9.17) is 16.9 Å². The maximum Gasteiger partial charge on any atom is 0.0708 e. The quantitative estimate of drug-likeness (QED) is 0.902. The number of fused-ring (bicyclic) bond motifs is 3. The van der Waals surface area contributed by atoms with Gasteiger partial charge in [-0.25, -0.2) is 0 Å². The van der Waals surface area contributed by atoms with E-state index in [1.807, 2.05) is 24.3 Å². The Labute approximate surface area is 122 Å². The van der Waals surface area contributed by atoms with Crippen LogP contribution in [0.4, 0.5) is 0 Å². The average molecular weight is 285 g/mol. The van der Waals surface area contributed by atoms with E-state index in [2.05, 4.69) is 12.1 Å². The van der Waals surface area contributed by atoms with Crippen LogP contribution in [0, 0.1) is 11.3 Å².